The first kappa shape index (κ1) is 9.70. The predicted molar refractivity (Wildman–Crippen MR) is 63.3 cm³/mol. The highest BCUT2D eigenvalue weighted by Gasteiger charge is 2.36. The van der Waals surface area contributed by atoms with Gasteiger partial charge in [0, 0.05) is 12.2 Å². The summed E-state index contributed by atoms with van der Waals surface area (Å²) in [6, 6.07) is 7.79. The van der Waals surface area contributed by atoms with E-state index in [2.05, 4.69) is 12.2 Å². The number of fused-ring (bicyclic) bond motifs is 2. The van der Waals surface area contributed by atoms with Crippen LogP contribution in [0.1, 0.15) is 30.1 Å². The van der Waals surface area contributed by atoms with Crippen LogP contribution in [0.4, 0.5) is 5.69 Å². The van der Waals surface area contributed by atoms with Gasteiger partial charge in [0.2, 0.25) is 0 Å². The summed E-state index contributed by atoms with van der Waals surface area (Å²) in [5.41, 5.74) is 1.80. The number of amides is 1. The first-order chi connectivity index (χ1) is 7.77. The number of anilines is 1. The second kappa shape index (κ2) is 3.51. The monoisotopic (exact) mass is 216 g/mol. The third-order valence-electron chi connectivity index (χ3n) is 3.65. The molecule has 1 saturated heterocycles. The Balaban J connectivity index is 2.03. The van der Waals surface area contributed by atoms with Crippen molar-refractivity contribution in [2.24, 2.45) is 5.92 Å². The molecule has 1 aromatic rings. The molecule has 0 unspecified atom stereocenters. The summed E-state index contributed by atoms with van der Waals surface area (Å²) in [5, 5.41) is 3.48. The van der Waals surface area contributed by atoms with Crippen LogP contribution in [-0.2, 0) is 0 Å². The third kappa shape index (κ3) is 1.31. The predicted octanol–water partition coefficient (Wildman–Crippen LogP) is 2.31. The molecule has 2 atom stereocenters. The van der Waals surface area contributed by atoms with Crippen LogP contribution in [0.25, 0.3) is 0 Å². The van der Waals surface area contributed by atoms with Crippen LogP contribution >= 0.6 is 0 Å². The molecule has 2 heterocycles. The molecule has 0 aliphatic carbocycles. The Hall–Kier alpha value is -1.51. The van der Waals surface area contributed by atoms with Gasteiger partial charge < -0.3 is 10.2 Å². The smallest absolute Gasteiger partial charge is 0.257 e. The molecular formula is C13H16N2O. The molecule has 1 amide bonds. The van der Waals surface area contributed by atoms with Crippen LogP contribution < -0.4 is 5.32 Å². The molecule has 3 nitrogen and oxygen atoms in total. The first-order valence-electron chi connectivity index (χ1n) is 5.94. The van der Waals surface area contributed by atoms with E-state index >= 15 is 0 Å². The second-order valence-corrected chi connectivity index (χ2v) is 4.75. The number of rotatable bonds is 0. The molecule has 0 bridgehead atoms. The van der Waals surface area contributed by atoms with E-state index in [0.717, 1.165) is 24.2 Å². The quantitative estimate of drug-likeness (QED) is 0.721. The van der Waals surface area contributed by atoms with E-state index < -0.39 is 0 Å². The molecule has 84 valence electrons. The van der Waals surface area contributed by atoms with Crippen molar-refractivity contribution >= 4 is 11.6 Å². The maximum atomic E-state index is 12.3. The van der Waals surface area contributed by atoms with Crippen molar-refractivity contribution in [3.63, 3.8) is 0 Å². The van der Waals surface area contributed by atoms with Gasteiger partial charge in [0.1, 0.15) is 6.17 Å². The van der Waals surface area contributed by atoms with E-state index in [4.69, 9.17) is 0 Å². The lowest BCUT2D eigenvalue weighted by Crippen LogP contribution is -2.54. The number of benzene rings is 1. The molecule has 0 saturated carbocycles. The maximum Gasteiger partial charge on any atom is 0.257 e. The number of piperidine rings is 1. The van der Waals surface area contributed by atoms with Crippen LogP contribution in [0.2, 0.25) is 0 Å². The Bertz CT molecular complexity index is 430. The Morgan fingerprint density at radius 2 is 2.19 bits per heavy atom. The van der Waals surface area contributed by atoms with Gasteiger partial charge in [0.05, 0.1) is 5.56 Å². The number of carbonyl (C=O) groups is 1. The fourth-order valence-corrected chi connectivity index (χ4v) is 2.75. The van der Waals surface area contributed by atoms with Crippen LogP contribution in [0, 0.1) is 5.92 Å². The van der Waals surface area contributed by atoms with Gasteiger partial charge in [-0.3, -0.25) is 4.79 Å². The number of nitrogens with one attached hydrogen (secondary N) is 1. The van der Waals surface area contributed by atoms with Crippen molar-refractivity contribution in [3.8, 4) is 0 Å². The Morgan fingerprint density at radius 1 is 1.38 bits per heavy atom. The molecular weight excluding hydrogens is 200 g/mol. The molecule has 1 aromatic carbocycles. The number of para-hydroxylation sites is 1. The summed E-state index contributed by atoms with van der Waals surface area (Å²) >= 11 is 0. The van der Waals surface area contributed by atoms with Crippen LogP contribution in [0.3, 0.4) is 0 Å². The highest BCUT2D eigenvalue weighted by Crippen LogP contribution is 2.32. The fraction of sp³-hybridized carbons (Fsp3) is 0.462. The Labute approximate surface area is 95.4 Å². The lowest BCUT2D eigenvalue weighted by molar-refractivity contribution is 0.0544. The van der Waals surface area contributed by atoms with E-state index in [-0.39, 0.29) is 12.1 Å². The van der Waals surface area contributed by atoms with Gasteiger partial charge in [-0.25, -0.2) is 0 Å². The van der Waals surface area contributed by atoms with Crippen LogP contribution in [0.15, 0.2) is 24.3 Å². The van der Waals surface area contributed by atoms with E-state index in [1.54, 1.807) is 0 Å². The van der Waals surface area contributed by atoms with Crippen molar-refractivity contribution in [1.29, 1.82) is 0 Å². The molecule has 2 aliphatic heterocycles. The van der Waals surface area contributed by atoms with Crippen molar-refractivity contribution in [1.82, 2.24) is 4.90 Å². The van der Waals surface area contributed by atoms with Crippen molar-refractivity contribution in [2.75, 3.05) is 11.9 Å². The first-order valence-corrected chi connectivity index (χ1v) is 5.94. The van der Waals surface area contributed by atoms with Crippen LogP contribution in [-0.4, -0.2) is 23.5 Å². The molecule has 3 rings (SSSR count). The summed E-state index contributed by atoms with van der Waals surface area (Å²) < 4.78 is 0. The summed E-state index contributed by atoms with van der Waals surface area (Å²) in [4.78, 5) is 14.3. The standard InChI is InChI=1S/C13H16N2O/c1-9-5-4-8-15-12(9)14-11-7-3-2-6-10(11)13(15)16/h2-3,6-7,9,12,14H,4-5,8H2,1H3/t9-,12-/m0/s1. The second-order valence-electron chi connectivity index (χ2n) is 4.75. The highest BCUT2D eigenvalue weighted by molar-refractivity contribution is 6.01. The van der Waals surface area contributed by atoms with Gasteiger partial charge in [0.25, 0.3) is 5.91 Å². The minimum Gasteiger partial charge on any atom is -0.364 e. The van der Waals surface area contributed by atoms with Gasteiger partial charge in [0.15, 0.2) is 0 Å². The van der Waals surface area contributed by atoms with E-state index in [0.29, 0.717) is 5.92 Å². The molecule has 0 aromatic heterocycles. The minimum absolute atomic E-state index is 0.186. The van der Waals surface area contributed by atoms with Gasteiger partial charge in [-0.05, 0) is 30.9 Å². The SMILES string of the molecule is C[C@H]1CCCN2C(=O)c3ccccc3N[C@H]12. The van der Waals surface area contributed by atoms with E-state index in [1.165, 1.54) is 6.42 Å². The number of hydrogen-bond donors (Lipinski definition) is 1. The Morgan fingerprint density at radius 3 is 3.06 bits per heavy atom. The van der Waals surface area contributed by atoms with Crippen LogP contribution in [0.5, 0.6) is 0 Å². The van der Waals surface area contributed by atoms with E-state index in [9.17, 15) is 4.79 Å². The van der Waals surface area contributed by atoms with Gasteiger partial charge >= 0.3 is 0 Å². The van der Waals surface area contributed by atoms with Crippen molar-refractivity contribution < 1.29 is 4.79 Å². The summed E-state index contributed by atoms with van der Waals surface area (Å²) in [6.07, 6.45) is 2.51. The van der Waals surface area contributed by atoms with Gasteiger partial charge in [-0.15, -0.1) is 0 Å². The zero-order valence-corrected chi connectivity index (χ0v) is 9.44. The topological polar surface area (TPSA) is 32.3 Å². The molecule has 2 aliphatic rings. The van der Waals surface area contributed by atoms with E-state index in [1.807, 2.05) is 29.2 Å². The molecule has 1 N–H and O–H groups in total. The third-order valence-corrected chi connectivity index (χ3v) is 3.65. The molecule has 0 spiro atoms. The average molecular weight is 216 g/mol. The largest absolute Gasteiger partial charge is 0.364 e. The normalized spacial score (nSPS) is 28.1. The molecule has 1 fully saturated rings. The zero-order valence-electron chi connectivity index (χ0n) is 9.44. The highest BCUT2D eigenvalue weighted by atomic mass is 16.2. The van der Waals surface area contributed by atoms with Crippen molar-refractivity contribution in [2.45, 2.75) is 25.9 Å². The number of nitrogens with zero attached hydrogens (tertiary/aromatic N) is 1. The lowest BCUT2D eigenvalue weighted by atomic mass is 9.92. The van der Waals surface area contributed by atoms with Gasteiger partial charge in [-0.1, -0.05) is 19.1 Å². The number of carbonyl (C=O) groups excluding carboxylic acids is 1. The maximum absolute atomic E-state index is 12.3. The lowest BCUT2D eigenvalue weighted by Gasteiger charge is -2.44. The summed E-state index contributed by atoms with van der Waals surface area (Å²) in [6.45, 7) is 3.10. The minimum atomic E-state index is 0.186. The van der Waals surface area contributed by atoms with Gasteiger partial charge in [-0.2, -0.15) is 0 Å². The Kier molecular flexibility index (Phi) is 2.13. The van der Waals surface area contributed by atoms with Crippen molar-refractivity contribution in [3.05, 3.63) is 29.8 Å². The molecule has 0 radical (unpaired) electrons. The summed E-state index contributed by atoms with van der Waals surface area (Å²) in [7, 11) is 0. The number of hydrogen-bond acceptors (Lipinski definition) is 2. The molecule has 3 heteroatoms. The zero-order chi connectivity index (χ0) is 11.1. The average Bonchev–Trinajstić information content (AvgIpc) is 2.31. The molecule has 16 heavy (non-hydrogen) atoms. The fourth-order valence-electron chi connectivity index (χ4n) is 2.75. The summed E-state index contributed by atoms with van der Waals surface area (Å²) in [5.74, 6) is 0.719.